The van der Waals surface area contributed by atoms with Gasteiger partial charge in [-0.05, 0) is 48.9 Å². The number of aryl methyl sites for hydroxylation is 1. The van der Waals surface area contributed by atoms with E-state index in [0.717, 1.165) is 0 Å². The number of ether oxygens (including phenoxy) is 2. The number of rotatable bonds is 3. The van der Waals surface area contributed by atoms with Crippen molar-refractivity contribution >= 4 is 29.4 Å². The Hall–Kier alpha value is -3.31. The quantitative estimate of drug-likeness (QED) is 0.360. The maximum atomic E-state index is 12.6. The van der Waals surface area contributed by atoms with Crippen LogP contribution in [0.3, 0.4) is 0 Å². The third-order valence-corrected chi connectivity index (χ3v) is 4.27. The Morgan fingerprint density at radius 3 is 2.74 bits per heavy atom. The summed E-state index contributed by atoms with van der Waals surface area (Å²) in [5.74, 6) is 0.493. The van der Waals surface area contributed by atoms with Gasteiger partial charge in [0.25, 0.3) is 0 Å². The number of allylic oxidation sites excluding steroid dienone is 1. The van der Waals surface area contributed by atoms with Crippen molar-refractivity contribution in [2.45, 2.75) is 6.92 Å². The van der Waals surface area contributed by atoms with E-state index in [1.807, 2.05) is 0 Å². The van der Waals surface area contributed by atoms with Crippen LogP contribution in [0.15, 0.2) is 65.0 Å². The summed E-state index contributed by atoms with van der Waals surface area (Å²) in [7, 11) is 0. The molecule has 2 aromatic carbocycles. The molecule has 2 heterocycles. The summed E-state index contributed by atoms with van der Waals surface area (Å²) in [6.45, 7) is 1.76. The fourth-order valence-corrected chi connectivity index (χ4v) is 3.01. The Balaban J connectivity index is 1.62. The molecule has 0 unspecified atom stereocenters. The summed E-state index contributed by atoms with van der Waals surface area (Å²) in [4.78, 5) is 24.9. The fourth-order valence-electron chi connectivity index (χ4n) is 2.82. The molecule has 0 bridgehead atoms. The van der Waals surface area contributed by atoms with Crippen LogP contribution in [0.1, 0.15) is 32.0 Å². The molecule has 1 aromatic heterocycles. The molecule has 6 heteroatoms. The van der Waals surface area contributed by atoms with Crippen molar-refractivity contribution in [1.82, 2.24) is 0 Å². The second kappa shape index (κ2) is 6.78. The van der Waals surface area contributed by atoms with Crippen LogP contribution in [-0.2, 0) is 0 Å². The molecular formula is C21H13ClO5. The number of fused-ring (bicyclic) bond motifs is 1. The standard InChI is InChI=1S/C21H13ClO5/c1-12-8-16(26-21(24)13-4-2-5-14(22)9-13)11-17-19(12)20(23)18(27-17)10-15-6-3-7-25-15/h2-11H,1H3/b18-10-. The van der Waals surface area contributed by atoms with E-state index in [-0.39, 0.29) is 17.3 Å². The van der Waals surface area contributed by atoms with E-state index in [4.69, 9.17) is 25.5 Å². The number of hydrogen-bond acceptors (Lipinski definition) is 5. The summed E-state index contributed by atoms with van der Waals surface area (Å²) in [5.41, 5.74) is 1.42. The number of esters is 1. The lowest BCUT2D eigenvalue weighted by Gasteiger charge is -2.08. The average Bonchev–Trinajstić information content (AvgIpc) is 3.24. The lowest BCUT2D eigenvalue weighted by Crippen LogP contribution is -2.08. The first-order chi connectivity index (χ1) is 13.0. The number of hydrogen-bond donors (Lipinski definition) is 0. The molecule has 0 atom stereocenters. The summed E-state index contributed by atoms with van der Waals surface area (Å²) in [6, 6.07) is 13.1. The van der Waals surface area contributed by atoms with Crippen LogP contribution in [0.5, 0.6) is 11.5 Å². The zero-order valence-corrected chi connectivity index (χ0v) is 14.9. The van der Waals surface area contributed by atoms with Crippen LogP contribution >= 0.6 is 11.6 Å². The van der Waals surface area contributed by atoms with Gasteiger partial charge in [0, 0.05) is 17.2 Å². The number of halogens is 1. The fraction of sp³-hybridized carbons (Fsp3) is 0.0476. The Kier molecular flexibility index (Phi) is 4.30. The predicted molar refractivity (Wildman–Crippen MR) is 99.2 cm³/mol. The maximum Gasteiger partial charge on any atom is 0.343 e. The van der Waals surface area contributed by atoms with Crippen molar-refractivity contribution in [2.24, 2.45) is 0 Å². The Labute approximate surface area is 159 Å². The third kappa shape index (κ3) is 3.37. The van der Waals surface area contributed by atoms with Crippen molar-refractivity contribution in [2.75, 3.05) is 0 Å². The highest BCUT2D eigenvalue weighted by atomic mass is 35.5. The number of furan rings is 1. The van der Waals surface area contributed by atoms with Gasteiger partial charge in [0.1, 0.15) is 17.3 Å². The molecule has 0 radical (unpaired) electrons. The van der Waals surface area contributed by atoms with Gasteiger partial charge in [0.2, 0.25) is 5.78 Å². The molecule has 0 spiro atoms. The van der Waals surface area contributed by atoms with Crippen LogP contribution in [-0.4, -0.2) is 11.8 Å². The molecule has 0 saturated carbocycles. The summed E-state index contributed by atoms with van der Waals surface area (Å²) in [6.07, 6.45) is 3.04. The molecular weight excluding hydrogens is 368 g/mol. The van der Waals surface area contributed by atoms with Gasteiger partial charge < -0.3 is 13.9 Å². The molecule has 0 aliphatic carbocycles. The van der Waals surface area contributed by atoms with Crippen molar-refractivity contribution < 1.29 is 23.5 Å². The highest BCUT2D eigenvalue weighted by molar-refractivity contribution is 6.30. The van der Waals surface area contributed by atoms with Gasteiger partial charge in [-0.2, -0.15) is 0 Å². The first-order valence-electron chi connectivity index (χ1n) is 8.11. The van der Waals surface area contributed by atoms with Crippen LogP contribution in [0, 0.1) is 6.92 Å². The van der Waals surface area contributed by atoms with E-state index < -0.39 is 5.97 Å². The van der Waals surface area contributed by atoms with E-state index in [1.165, 1.54) is 24.5 Å². The average molecular weight is 381 g/mol. The predicted octanol–water partition coefficient (Wildman–Crippen LogP) is 5.08. The first kappa shape index (κ1) is 17.1. The van der Waals surface area contributed by atoms with E-state index in [1.54, 1.807) is 43.3 Å². The number of carbonyl (C=O) groups is 2. The van der Waals surface area contributed by atoms with Crippen molar-refractivity contribution in [1.29, 1.82) is 0 Å². The van der Waals surface area contributed by atoms with Gasteiger partial charge in [-0.3, -0.25) is 4.79 Å². The number of carbonyl (C=O) groups excluding carboxylic acids is 2. The highest BCUT2D eigenvalue weighted by Gasteiger charge is 2.30. The molecule has 4 rings (SSSR count). The molecule has 5 nitrogen and oxygen atoms in total. The maximum absolute atomic E-state index is 12.6. The summed E-state index contributed by atoms with van der Waals surface area (Å²) >= 11 is 5.91. The molecule has 0 amide bonds. The molecule has 1 aliphatic heterocycles. The van der Waals surface area contributed by atoms with Gasteiger partial charge in [-0.15, -0.1) is 0 Å². The summed E-state index contributed by atoms with van der Waals surface area (Å²) < 4.78 is 16.3. The smallest absolute Gasteiger partial charge is 0.343 e. The lowest BCUT2D eigenvalue weighted by atomic mass is 10.0. The third-order valence-electron chi connectivity index (χ3n) is 4.03. The Morgan fingerprint density at radius 2 is 2.00 bits per heavy atom. The molecule has 134 valence electrons. The van der Waals surface area contributed by atoms with Gasteiger partial charge in [0.05, 0.1) is 17.4 Å². The zero-order chi connectivity index (χ0) is 19.0. The molecule has 27 heavy (non-hydrogen) atoms. The molecule has 0 saturated heterocycles. The van der Waals surface area contributed by atoms with Gasteiger partial charge in [-0.25, -0.2) is 4.79 Å². The van der Waals surface area contributed by atoms with E-state index >= 15 is 0 Å². The summed E-state index contributed by atoms with van der Waals surface area (Å²) in [5, 5.41) is 0.441. The second-order valence-corrected chi connectivity index (χ2v) is 6.40. The molecule has 1 aliphatic rings. The SMILES string of the molecule is Cc1cc(OC(=O)c2cccc(Cl)c2)cc2c1C(=O)/C(=C/c1ccco1)O2. The van der Waals surface area contributed by atoms with E-state index in [0.29, 0.717) is 33.2 Å². The van der Waals surface area contributed by atoms with Crippen molar-refractivity contribution in [3.05, 3.63) is 88.0 Å². The van der Waals surface area contributed by atoms with Crippen LogP contribution in [0.2, 0.25) is 5.02 Å². The molecule has 3 aromatic rings. The molecule has 0 fully saturated rings. The van der Waals surface area contributed by atoms with Gasteiger partial charge in [0.15, 0.2) is 5.76 Å². The minimum Gasteiger partial charge on any atom is -0.465 e. The normalized spacial score (nSPS) is 14.1. The topological polar surface area (TPSA) is 65.7 Å². The monoisotopic (exact) mass is 380 g/mol. The largest absolute Gasteiger partial charge is 0.465 e. The Bertz CT molecular complexity index is 1080. The minimum atomic E-state index is -0.549. The van der Waals surface area contributed by atoms with E-state index in [9.17, 15) is 9.59 Å². The molecule has 0 N–H and O–H groups in total. The number of ketones is 1. The lowest BCUT2D eigenvalue weighted by molar-refractivity contribution is 0.0734. The van der Waals surface area contributed by atoms with Crippen molar-refractivity contribution in [3.63, 3.8) is 0 Å². The van der Waals surface area contributed by atoms with Crippen LogP contribution in [0.25, 0.3) is 6.08 Å². The highest BCUT2D eigenvalue weighted by Crippen LogP contribution is 2.37. The number of benzene rings is 2. The van der Waals surface area contributed by atoms with Crippen molar-refractivity contribution in [3.8, 4) is 11.5 Å². The number of Topliss-reactive ketones (excluding diaryl/α,β-unsaturated/α-hetero) is 1. The van der Waals surface area contributed by atoms with Crippen LogP contribution in [0.4, 0.5) is 0 Å². The first-order valence-corrected chi connectivity index (χ1v) is 8.49. The van der Waals surface area contributed by atoms with Gasteiger partial charge >= 0.3 is 5.97 Å². The Morgan fingerprint density at radius 1 is 1.15 bits per heavy atom. The minimum absolute atomic E-state index is 0.154. The van der Waals surface area contributed by atoms with Crippen LogP contribution < -0.4 is 9.47 Å². The zero-order valence-electron chi connectivity index (χ0n) is 14.2. The van der Waals surface area contributed by atoms with E-state index in [2.05, 4.69) is 0 Å². The van der Waals surface area contributed by atoms with Gasteiger partial charge in [-0.1, -0.05) is 17.7 Å². The second-order valence-electron chi connectivity index (χ2n) is 5.97.